The van der Waals surface area contributed by atoms with Gasteiger partial charge in [0.2, 0.25) is 5.91 Å². The number of nitrogens with zero attached hydrogens (tertiary/aromatic N) is 3. The summed E-state index contributed by atoms with van der Waals surface area (Å²) in [5, 5.41) is 6.82. The highest BCUT2D eigenvalue weighted by Crippen LogP contribution is 2.10. The van der Waals surface area contributed by atoms with Crippen molar-refractivity contribution in [1.82, 2.24) is 14.8 Å². The Kier molecular flexibility index (Phi) is 4.25. The molecule has 0 aliphatic rings. The van der Waals surface area contributed by atoms with Crippen LogP contribution in [0.1, 0.15) is 18.9 Å². The molecule has 0 aliphatic carbocycles. The average Bonchev–Trinajstić information content (AvgIpc) is 2.93. The first kappa shape index (κ1) is 13.2. The summed E-state index contributed by atoms with van der Waals surface area (Å²) in [5.74, 6) is -0.161. The first-order valence-electron chi connectivity index (χ1n) is 6.17. The van der Waals surface area contributed by atoms with Gasteiger partial charge in [0.15, 0.2) is 0 Å². The molecule has 0 saturated heterocycles. The van der Waals surface area contributed by atoms with Crippen molar-refractivity contribution in [2.75, 3.05) is 5.32 Å². The fourth-order valence-electron chi connectivity index (χ4n) is 1.62. The van der Waals surface area contributed by atoms with E-state index in [2.05, 4.69) is 15.4 Å². The minimum absolute atomic E-state index is 0.161. The SMILES string of the molecule is CCC(N)C(=O)Nc1ccc(Cn2cncn2)cc1. The van der Waals surface area contributed by atoms with E-state index in [-0.39, 0.29) is 5.91 Å². The second kappa shape index (κ2) is 6.10. The van der Waals surface area contributed by atoms with Crippen molar-refractivity contribution in [1.29, 1.82) is 0 Å². The smallest absolute Gasteiger partial charge is 0.241 e. The highest BCUT2D eigenvalue weighted by Gasteiger charge is 2.10. The lowest BCUT2D eigenvalue weighted by atomic mass is 10.2. The predicted molar refractivity (Wildman–Crippen MR) is 72.5 cm³/mol. The zero-order valence-corrected chi connectivity index (χ0v) is 10.8. The molecular weight excluding hydrogens is 242 g/mol. The molecule has 100 valence electrons. The Morgan fingerprint density at radius 2 is 2.16 bits per heavy atom. The minimum atomic E-state index is -0.463. The van der Waals surface area contributed by atoms with Crippen LogP contribution < -0.4 is 11.1 Å². The van der Waals surface area contributed by atoms with Crippen LogP contribution in [0.25, 0.3) is 0 Å². The molecule has 3 N–H and O–H groups in total. The third kappa shape index (κ3) is 3.62. The van der Waals surface area contributed by atoms with Gasteiger partial charge < -0.3 is 11.1 Å². The largest absolute Gasteiger partial charge is 0.325 e. The van der Waals surface area contributed by atoms with Gasteiger partial charge in [-0.15, -0.1) is 0 Å². The van der Waals surface area contributed by atoms with Crippen LogP contribution in [0.15, 0.2) is 36.9 Å². The van der Waals surface area contributed by atoms with E-state index in [0.29, 0.717) is 13.0 Å². The molecule has 1 aromatic heterocycles. The third-order valence-corrected chi connectivity index (χ3v) is 2.81. The molecule has 0 saturated carbocycles. The van der Waals surface area contributed by atoms with Crippen molar-refractivity contribution in [3.63, 3.8) is 0 Å². The van der Waals surface area contributed by atoms with Gasteiger partial charge in [-0.25, -0.2) is 9.67 Å². The van der Waals surface area contributed by atoms with Crippen molar-refractivity contribution >= 4 is 11.6 Å². The number of hydrogen-bond donors (Lipinski definition) is 2. The molecule has 2 aromatic rings. The number of rotatable bonds is 5. The van der Waals surface area contributed by atoms with Gasteiger partial charge in [0.25, 0.3) is 0 Å². The van der Waals surface area contributed by atoms with Gasteiger partial charge in [0.05, 0.1) is 12.6 Å². The molecule has 6 nitrogen and oxygen atoms in total. The summed E-state index contributed by atoms with van der Waals surface area (Å²) in [6.07, 6.45) is 3.78. The van der Waals surface area contributed by atoms with Crippen LogP contribution in [0.3, 0.4) is 0 Å². The lowest BCUT2D eigenvalue weighted by Gasteiger charge is -2.10. The Labute approximate surface area is 111 Å². The van der Waals surface area contributed by atoms with Gasteiger partial charge in [-0.05, 0) is 24.1 Å². The van der Waals surface area contributed by atoms with Crippen LogP contribution in [0.5, 0.6) is 0 Å². The molecule has 6 heteroatoms. The Morgan fingerprint density at radius 3 is 2.74 bits per heavy atom. The summed E-state index contributed by atoms with van der Waals surface area (Å²) in [5.41, 5.74) is 7.49. The molecule has 1 amide bonds. The van der Waals surface area contributed by atoms with E-state index in [9.17, 15) is 4.79 Å². The van der Waals surface area contributed by atoms with Crippen molar-refractivity contribution < 1.29 is 4.79 Å². The van der Waals surface area contributed by atoms with Gasteiger partial charge >= 0.3 is 0 Å². The topological polar surface area (TPSA) is 85.8 Å². The van der Waals surface area contributed by atoms with E-state index in [1.54, 1.807) is 11.0 Å². The number of anilines is 1. The Hall–Kier alpha value is -2.21. The summed E-state index contributed by atoms with van der Waals surface area (Å²) >= 11 is 0. The normalized spacial score (nSPS) is 12.1. The molecule has 0 bridgehead atoms. The summed E-state index contributed by atoms with van der Waals surface area (Å²) in [4.78, 5) is 15.5. The number of carbonyl (C=O) groups excluding carboxylic acids is 1. The van der Waals surface area contributed by atoms with E-state index in [0.717, 1.165) is 11.3 Å². The quantitative estimate of drug-likeness (QED) is 0.838. The van der Waals surface area contributed by atoms with Gasteiger partial charge in [-0.3, -0.25) is 4.79 Å². The van der Waals surface area contributed by atoms with Crippen LogP contribution >= 0.6 is 0 Å². The molecule has 0 fully saturated rings. The van der Waals surface area contributed by atoms with Crippen molar-refractivity contribution in [3.05, 3.63) is 42.5 Å². The number of hydrogen-bond acceptors (Lipinski definition) is 4. The second-order valence-electron chi connectivity index (χ2n) is 4.29. The number of benzene rings is 1. The first-order valence-corrected chi connectivity index (χ1v) is 6.17. The summed E-state index contributed by atoms with van der Waals surface area (Å²) in [6, 6.07) is 7.12. The maximum atomic E-state index is 11.6. The molecule has 1 aromatic carbocycles. The molecule has 0 spiro atoms. The maximum Gasteiger partial charge on any atom is 0.241 e. The number of amides is 1. The number of nitrogens with two attached hydrogens (primary N) is 1. The fraction of sp³-hybridized carbons (Fsp3) is 0.308. The zero-order valence-electron chi connectivity index (χ0n) is 10.8. The molecular formula is C13H17N5O. The Balaban J connectivity index is 1.96. The highest BCUT2D eigenvalue weighted by atomic mass is 16.2. The summed E-state index contributed by atoms with van der Waals surface area (Å²) in [6.45, 7) is 2.54. The lowest BCUT2D eigenvalue weighted by Crippen LogP contribution is -2.34. The van der Waals surface area contributed by atoms with Crippen molar-refractivity contribution in [2.24, 2.45) is 5.73 Å². The summed E-state index contributed by atoms with van der Waals surface area (Å²) < 4.78 is 1.74. The standard InChI is InChI=1S/C13H17N5O/c1-2-12(14)13(19)17-11-5-3-10(4-6-11)7-18-9-15-8-16-18/h3-6,8-9,12H,2,7,14H2,1H3,(H,17,19). The molecule has 0 aliphatic heterocycles. The van der Waals surface area contributed by atoms with E-state index >= 15 is 0 Å². The third-order valence-electron chi connectivity index (χ3n) is 2.81. The van der Waals surface area contributed by atoms with Crippen LogP contribution in [0.2, 0.25) is 0 Å². The molecule has 1 heterocycles. The van der Waals surface area contributed by atoms with Crippen LogP contribution in [-0.2, 0) is 11.3 Å². The van der Waals surface area contributed by atoms with Gasteiger partial charge in [0, 0.05) is 5.69 Å². The number of aromatic nitrogens is 3. The monoisotopic (exact) mass is 259 g/mol. The molecule has 1 unspecified atom stereocenters. The fourth-order valence-corrected chi connectivity index (χ4v) is 1.62. The van der Waals surface area contributed by atoms with E-state index in [4.69, 9.17) is 5.73 Å². The minimum Gasteiger partial charge on any atom is -0.325 e. The van der Waals surface area contributed by atoms with Gasteiger partial charge in [-0.2, -0.15) is 5.10 Å². The van der Waals surface area contributed by atoms with E-state index in [1.165, 1.54) is 6.33 Å². The molecule has 2 rings (SSSR count). The van der Waals surface area contributed by atoms with Crippen LogP contribution in [0.4, 0.5) is 5.69 Å². The maximum absolute atomic E-state index is 11.6. The Morgan fingerprint density at radius 1 is 1.42 bits per heavy atom. The molecule has 19 heavy (non-hydrogen) atoms. The molecule has 0 radical (unpaired) electrons. The van der Waals surface area contributed by atoms with Crippen molar-refractivity contribution in [2.45, 2.75) is 25.9 Å². The number of carbonyl (C=O) groups is 1. The highest BCUT2D eigenvalue weighted by molar-refractivity contribution is 5.94. The first-order chi connectivity index (χ1) is 9.19. The Bertz CT molecular complexity index is 520. The number of nitrogens with one attached hydrogen (secondary N) is 1. The summed E-state index contributed by atoms with van der Waals surface area (Å²) in [7, 11) is 0. The second-order valence-corrected chi connectivity index (χ2v) is 4.29. The van der Waals surface area contributed by atoms with E-state index < -0.39 is 6.04 Å². The van der Waals surface area contributed by atoms with Crippen LogP contribution in [0, 0.1) is 0 Å². The average molecular weight is 259 g/mol. The zero-order chi connectivity index (χ0) is 13.7. The predicted octanol–water partition coefficient (Wildman–Crippen LogP) is 1.00. The van der Waals surface area contributed by atoms with Gasteiger partial charge in [0.1, 0.15) is 12.7 Å². The van der Waals surface area contributed by atoms with Crippen molar-refractivity contribution in [3.8, 4) is 0 Å². The molecule has 1 atom stereocenters. The lowest BCUT2D eigenvalue weighted by molar-refractivity contribution is -0.117. The van der Waals surface area contributed by atoms with E-state index in [1.807, 2.05) is 31.2 Å². The van der Waals surface area contributed by atoms with Gasteiger partial charge in [-0.1, -0.05) is 19.1 Å². The van der Waals surface area contributed by atoms with Crippen LogP contribution in [-0.4, -0.2) is 26.7 Å².